The quantitative estimate of drug-likeness (QED) is 0.703. The molecular weight excluding hydrogens is 277 g/mol. The summed E-state index contributed by atoms with van der Waals surface area (Å²) in [4.78, 5) is 15.8. The Morgan fingerprint density at radius 1 is 1.24 bits per heavy atom. The number of aryl methyl sites for hydroxylation is 1. The fourth-order valence-electron chi connectivity index (χ4n) is 1.85. The van der Waals surface area contributed by atoms with Crippen molar-refractivity contribution in [2.45, 2.75) is 13.1 Å². The summed E-state index contributed by atoms with van der Waals surface area (Å²) in [5, 5.41) is 7.94. The number of halogens is 1. The lowest BCUT2D eigenvalue weighted by atomic mass is 10.4. The van der Waals surface area contributed by atoms with Crippen molar-refractivity contribution in [1.82, 2.24) is 24.5 Å². The molecule has 0 aliphatic carbocycles. The molecule has 0 unspecified atom stereocenters. The first-order chi connectivity index (χ1) is 10.3. The van der Waals surface area contributed by atoms with Gasteiger partial charge in [-0.05, 0) is 12.1 Å². The monoisotopic (exact) mass is 289 g/mol. The number of aromatic nitrogens is 5. The Labute approximate surface area is 118 Å². The van der Waals surface area contributed by atoms with Crippen LogP contribution in [0.25, 0.3) is 11.6 Å². The predicted molar refractivity (Wildman–Crippen MR) is 71.3 cm³/mol. The van der Waals surface area contributed by atoms with E-state index in [0.29, 0.717) is 11.5 Å². The van der Waals surface area contributed by atoms with E-state index in [1.807, 2.05) is 0 Å². The highest BCUT2D eigenvalue weighted by Gasteiger charge is 2.12. The normalized spacial score (nSPS) is 10.9. The zero-order valence-electron chi connectivity index (χ0n) is 11.0. The number of rotatable bonds is 5. The molecule has 0 atom stereocenters. The molecule has 8 heteroatoms. The smallest absolute Gasteiger partial charge is 0.278 e. The summed E-state index contributed by atoms with van der Waals surface area (Å²) in [5.41, 5.74) is 0.332. The minimum absolute atomic E-state index is 0.143. The predicted octanol–water partition coefficient (Wildman–Crippen LogP) is 1.11. The van der Waals surface area contributed by atoms with Crippen molar-refractivity contribution < 1.29 is 8.91 Å². The number of hydrogen-bond acceptors (Lipinski definition) is 5. The molecule has 0 fully saturated rings. The number of pyridine rings is 1. The van der Waals surface area contributed by atoms with Gasteiger partial charge in [0.15, 0.2) is 11.5 Å². The second-order valence-electron chi connectivity index (χ2n) is 4.34. The van der Waals surface area contributed by atoms with E-state index < -0.39 is 6.67 Å². The van der Waals surface area contributed by atoms with Crippen LogP contribution >= 0.6 is 0 Å². The highest BCUT2D eigenvalue weighted by atomic mass is 19.1. The van der Waals surface area contributed by atoms with E-state index in [2.05, 4.69) is 15.2 Å². The first-order valence-electron chi connectivity index (χ1n) is 6.34. The van der Waals surface area contributed by atoms with Gasteiger partial charge in [-0.2, -0.15) is 10.1 Å². The number of alkyl halides is 1. The van der Waals surface area contributed by atoms with Crippen molar-refractivity contribution in [3.05, 3.63) is 52.8 Å². The van der Waals surface area contributed by atoms with E-state index in [1.165, 1.54) is 15.3 Å². The van der Waals surface area contributed by atoms with Gasteiger partial charge in [0.05, 0.1) is 13.1 Å². The zero-order chi connectivity index (χ0) is 14.7. The average Bonchev–Trinajstić information content (AvgIpc) is 3.11. The van der Waals surface area contributed by atoms with E-state index in [-0.39, 0.29) is 24.5 Å². The topological polar surface area (TPSA) is 78.7 Å². The lowest BCUT2D eigenvalue weighted by Gasteiger charge is -1.99. The molecule has 3 rings (SSSR count). The van der Waals surface area contributed by atoms with Crippen LogP contribution in [0.15, 0.2) is 46.0 Å². The van der Waals surface area contributed by atoms with Gasteiger partial charge in [0, 0.05) is 18.5 Å². The van der Waals surface area contributed by atoms with E-state index in [0.717, 1.165) is 0 Å². The van der Waals surface area contributed by atoms with Crippen molar-refractivity contribution in [3.63, 3.8) is 0 Å². The Morgan fingerprint density at radius 3 is 2.95 bits per heavy atom. The largest absolute Gasteiger partial charge is 0.332 e. The van der Waals surface area contributed by atoms with Crippen molar-refractivity contribution >= 4 is 0 Å². The maximum absolute atomic E-state index is 12.2. The second kappa shape index (κ2) is 5.70. The summed E-state index contributed by atoms with van der Waals surface area (Å²) >= 11 is 0. The maximum atomic E-state index is 12.2. The third-order valence-corrected chi connectivity index (χ3v) is 2.85. The SMILES string of the molecule is O=c1ccccn1Cc1noc(-c2ccn(CCF)n2)n1. The Balaban J connectivity index is 1.79. The summed E-state index contributed by atoms with van der Waals surface area (Å²) in [6, 6.07) is 6.54. The van der Waals surface area contributed by atoms with Crippen LogP contribution in [-0.4, -0.2) is 31.2 Å². The molecule has 21 heavy (non-hydrogen) atoms. The van der Waals surface area contributed by atoms with Crippen molar-refractivity contribution in [2.24, 2.45) is 0 Å². The van der Waals surface area contributed by atoms with Crippen LogP contribution in [0.4, 0.5) is 4.39 Å². The molecule has 7 nitrogen and oxygen atoms in total. The Kier molecular flexibility index (Phi) is 3.59. The van der Waals surface area contributed by atoms with Crippen molar-refractivity contribution in [1.29, 1.82) is 0 Å². The molecule has 0 amide bonds. The molecule has 3 aromatic heterocycles. The fraction of sp³-hybridized carbons (Fsp3) is 0.231. The third kappa shape index (κ3) is 2.88. The minimum Gasteiger partial charge on any atom is -0.332 e. The van der Waals surface area contributed by atoms with Gasteiger partial charge in [-0.1, -0.05) is 11.2 Å². The van der Waals surface area contributed by atoms with E-state index in [1.54, 1.807) is 30.6 Å². The van der Waals surface area contributed by atoms with Crippen LogP contribution in [0, 0.1) is 0 Å². The van der Waals surface area contributed by atoms with Crippen LogP contribution in [0.5, 0.6) is 0 Å². The second-order valence-corrected chi connectivity index (χ2v) is 4.34. The van der Waals surface area contributed by atoms with Crippen LogP contribution in [-0.2, 0) is 13.1 Å². The molecule has 0 aromatic carbocycles. The fourth-order valence-corrected chi connectivity index (χ4v) is 1.85. The van der Waals surface area contributed by atoms with E-state index in [9.17, 15) is 9.18 Å². The van der Waals surface area contributed by atoms with Gasteiger partial charge in [-0.15, -0.1) is 0 Å². The van der Waals surface area contributed by atoms with Gasteiger partial charge in [-0.3, -0.25) is 9.48 Å². The summed E-state index contributed by atoms with van der Waals surface area (Å²) in [6.45, 7) is -0.0953. The highest BCUT2D eigenvalue weighted by Crippen LogP contribution is 2.14. The number of nitrogens with zero attached hydrogens (tertiary/aromatic N) is 5. The van der Waals surface area contributed by atoms with Gasteiger partial charge in [0.2, 0.25) is 0 Å². The molecule has 3 aromatic rings. The first kappa shape index (κ1) is 13.2. The minimum atomic E-state index is -0.493. The molecular formula is C13H12FN5O2. The molecule has 3 heterocycles. The summed E-state index contributed by atoms with van der Waals surface area (Å²) in [7, 11) is 0. The molecule has 0 radical (unpaired) electrons. The first-order valence-corrected chi connectivity index (χ1v) is 6.34. The average molecular weight is 289 g/mol. The summed E-state index contributed by atoms with van der Waals surface area (Å²) in [6.07, 6.45) is 3.29. The van der Waals surface area contributed by atoms with Gasteiger partial charge in [0.1, 0.15) is 6.67 Å². The Bertz CT molecular complexity index is 791. The Hall–Kier alpha value is -2.77. The molecule has 0 saturated heterocycles. The lowest BCUT2D eigenvalue weighted by Crippen LogP contribution is -2.18. The third-order valence-electron chi connectivity index (χ3n) is 2.85. The molecule has 0 N–H and O–H groups in total. The summed E-state index contributed by atoms with van der Waals surface area (Å²) in [5.74, 6) is 0.616. The van der Waals surface area contributed by atoms with Crippen LogP contribution in [0.2, 0.25) is 0 Å². The van der Waals surface area contributed by atoms with E-state index >= 15 is 0 Å². The van der Waals surface area contributed by atoms with Gasteiger partial charge >= 0.3 is 0 Å². The molecule has 0 spiro atoms. The van der Waals surface area contributed by atoms with Crippen molar-refractivity contribution in [2.75, 3.05) is 6.67 Å². The molecule has 108 valence electrons. The van der Waals surface area contributed by atoms with Gasteiger partial charge in [-0.25, -0.2) is 4.39 Å². The van der Waals surface area contributed by atoms with Gasteiger partial charge in [0.25, 0.3) is 11.4 Å². The van der Waals surface area contributed by atoms with Crippen molar-refractivity contribution in [3.8, 4) is 11.6 Å². The Morgan fingerprint density at radius 2 is 2.14 bits per heavy atom. The van der Waals surface area contributed by atoms with E-state index in [4.69, 9.17) is 4.52 Å². The maximum Gasteiger partial charge on any atom is 0.278 e. The standard InChI is InChI=1S/C13H12FN5O2/c14-5-8-19-7-4-10(16-19)13-15-11(17-21-13)9-18-6-2-1-3-12(18)20/h1-4,6-7H,5,8-9H2. The van der Waals surface area contributed by atoms with Crippen LogP contribution in [0.3, 0.4) is 0 Å². The molecule has 0 saturated carbocycles. The number of hydrogen-bond donors (Lipinski definition) is 0. The molecule has 0 aliphatic rings. The zero-order valence-corrected chi connectivity index (χ0v) is 11.0. The molecule has 0 bridgehead atoms. The highest BCUT2D eigenvalue weighted by molar-refractivity contribution is 5.44. The van der Waals surface area contributed by atoms with Crippen LogP contribution in [0.1, 0.15) is 5.82 Å². The summed E-state index contributed by atoms with van der Waals surface area (Å²) < 4.78 is 20.3. The lowest BCUT2D eigenvalue weighted by molar-refractivity contribution is 0.413. The van der Waals surface area contributed by atoms with Gasteiger partial charge < -0.3 is 9.09 Å². The van der Waals surface area contributed by atoms with Crippen LogP contribution < -0.4 is 5.56 Å². The molecule has 0 aliphatic heterocycles.